The fourth-order valence-corrected chi connectivity index (χ4v) is 5.28. The third-order valence-corrected chi connectivity index (χ3v) is 6.98. The standard InChI is InChI=1S/C21H26N4O3S/c1-2-28-19-10-9-17(14-20(19)29(26,27)25-12-5-3-6-13-25)22-15-18-16-24-11-7-4-8-21(24)23-18/h4,7-11,14,16,22H,2-3,5-6,12-13,15H2,1H3. The quantitative estimate of drug-likeness (QED) is 0.640. The number of nitrogens with one attached hydrogen (secondary N) is 1. The van der Waals surface area contributed by atoms with Gasteiger partial charge < -0.3 is 14.5 Å². The van der Waals surface area contributed by atoms with Crippen molar-refractivity contribution in [1.29, 1.82) is 0 Å². The molecule has 0 unspecified atom stereocenters. The fourth-order valence-electron chi connectivity index (χ4n) is 3.60. The minimum absolute atomic E-state index is 0.223. The Balaban J connectivity index is 1.58. The first kappa shape index (κ1) is 19.7. The number of anilines is 1. The molecule has 0 atom stereocenters. The average Bonchev–Trinajstić information content (AvgIpc) is 3.17. The first-order valence-corrected chi connectivity index (χ1v) is 11.5. The predicted molar refractivity (Wildman–Crippen MR) is 113 cm³/mol. The largest absolute Gasteiger partial charge is 0.492 e. The number of fused-ring (bicyclic) bond motifs is 1. The van der Waals surface area contributed by atoms with E-state index >= 15 is 0 Å². The van der Waals surface area contributed by atoms with Crippen LogP contribution in [0.15, 0.2) is 53.7 Å². The second-order valence-corrected chi connectivity index (χ2v) is 9.02. The minimum Gasteiger partial charge on any atom is -0.492 e. The summed E-state index contributed by atoms with van der Waals surface area (Å²) in [5.74, 6) is 0.399. The van der Waals surface area contributed by atoms with Crippen molar-refractivity contribution in [3.63, 3.8) is 0 Å². The van der Waals surface area contributed by atoms with Gasteiger partial charge in [-0.3, -0.25) is 0 Å². The summed E-state index contributed by atoms with van der Waals surface area (Å²) in [4.78, 5) is 4.79. The number of sulfonamides is 1. The fraction of sp³-hybridized carbons (Fsp3) is 0.381. The molecule has 0 radical (unpaired) electrons. The Morgan fingerprint density at radius 3 is 2.72 bits per heavy atom. The molecule has 7 nitrogen and oxygen atoms in total. The van der Waals surface area contributed by atoms with E-state index in [9.17, 15) is 8.42 Å². The molecule has 1 saturated heterocycles. The van der Waals surface area contributed by atoms with Gasteiger partial charge in [-0.1, -0.05) is 12.5 Å². The van der Waals surface area contributed by atoms with E-state index in [1.165, 1.54) is 0 Å². The molecule has 4 rings (SSSR count). The molecule has 0 spiro atoms. The second kappa shape index (κ2) is 8.42. The van der Waals surface area contributed by atoms with Crippen molar-refractivity contribution in [3.05, 3.63) is 54.5 Å². The number of rotatable bonds is 7. The van der Waals surface area contributed by atoms with Gasteiger partial charge in [-0.15, -0.1) is 0 Å². The van der Waals surface area contributed by atoms with E-state index in [0.29, 0.717) is 32.0 Å². The Bertz CT molecular complexity index is 1060. The number of piperidine rings is 1. The number of imidazole rings is 1. The van der Waals surface area contributed by atoms with Gasteiger partial charge in [-0.05, 0) is 50.1 Å². The summed E-state index contributed by atoms with van der Waals surface area (Å²) < 4.78 is 35.6. The average molecular weight is 415 g/mol. The van der Waals surface area contributed by atoms with Crippen molar-refractivity contribution in [2.75, 3.05) is 25.0 Å². The van der Waals surface area contributed by atoms with Crippen LogP contribution in [0.4, 0.5) is 5.69 Å². The van der Waals surface area contributed by atoms with Crippen LogP contribution in [0.5, 0.6) is 5.75 Å². The summed E-state index contributed by atoms with van der Waals surface area (Å²) >= 11 is 0. The normalized spacial score (nSPS) is 15.5. The van der Waals surface area contributed by atoms with Crippen LogP contribution >= 0.6 is 0 Å². The van der Waals surface area contributed by atoms with Crippen LogP contribution in [0.25, 0.3) is 5.65 Å². The van der Waals surface area contributed by atoms with Crippen LogP contribution in [0.3, 0.4) is 0 Å². The van der Waals surface area contributed by atoms with Crippen LogP contribution in [0.2, 0.25) is 0 Å². The molecule has 0 saturated carbocycles. The van der Waals surface area contributed by atoms with Crippen LogP contribution in [0, 0.1) is 0 Å². The van der Waals surface area contributed by atoms with Crippen molar-refractivity contribution >= 4 is 21.4 Å². The lowest BCUT2D eigenvalue weighted by atomic mass is 10.2. The molecule has 3 aromatic rings. The third-order valence-electron chi connectivity index (χ3n) is 5.06. The van der Waals surface area contributed by atoms with E-state index in [4.69, 9.17) is 4.74 Å². The molecule has 1 fully saturated rings. The van der Waals surface area contributed by atoms with E-state index < -0.39 is 10.0 Å². The highest BCUT2D eigenvalue weighted by molar-refractivity contribution is 7.89. The van der Waals surface area contributed by atoms with Crippen LogP contribution in [0.1, 0.15) is 31.9 Å². The molecule has 1 N–H and O–H groups in total. The number of ether oxygens (including phenoxy) is 1. The summed E-state index contributed by atoms with van der Waals surface area (Å²) in [5.41, 5.74) is 2.48. The summed E-state index contributed by atoms with van der Waals surface area (Å²) in [5, 5.41) is 3.29. The lowest BCUT2D eigenvalue weighted by Gasteiger charge is -2.27. The van der Waals surface area contributed by atoms with Crippen LogP contribution < -0.4 is 10.1 Å². The van der Waals surface area contributed by atoms with Gasteiger partial charge in [0.2, 0.25) is 10.0 Å². The zero-order chi connectivity index (χ0) is 20.3. The van der Waals surface area contributed by atoms with Gasteiger partial charge in [0.15, 0.2) is 0 Å². The summed E-state index contributed by atoms with van der Waals surface area (Å²) in [6, 6.07) is 11.1. The summed E-state index contributed by atoms with van der Waals surface area (Å²) in [7, 11) is -3.59. The van der Waals surface area contributed by atoms with E-state index in [-0.39, 0.29) is 4.90 Å². The molecule has 0 aliphatic carbocycles. The van der Waals surface area contributed by atoms with E-state index in [1.807, 2.05) is 48.0 Å². The molecule has 8 heteroatoms. The third kappa shape index (κ3) is 4.23. The van der Waals surface area contributed by atoms with Crippen molar-refractivity contribution in [3.8, 4) is 5.75 Å². The van der Waals surface area contributed by atoms with Crippen LogP contribution in [-0.2, 0) is 16.6 Å². The molecule has 2 aromatic heterocycles. The van der Waals surface area contributed by atoms with Gasteiger partial charge in [0.05, 0.1) is 18.8 Å². The van der Waals surface area contributed by atoms with E-state index in [0.717, 1.165) is 36.3 Å². The zero-order valence-electron chi connectivity index (χ0n) is 16.5. The molecule has 154 valence electrons. The lowest BCUT2D eigenvalue weighted by molar-refractivity contribution is 0.323. The van der Waals surface area contributed by atoms with Crippen LogP contribution in [-0.4, -0.2) is 41.8 Å². The zero-order valence-corrected chi connectivity index (χ0v) is 17.4. The lowest BCUT2D eigenvalue weighted by Crippen LogP contribution is -2.35. The molecule has 29 heavy (non-hydrogen) atoms. The second-order valence-electron chi connectivity index (χ2n) is 7.11. The van der Waals surface area contributed by atoms with E-state index in [1.54, 1.807) is 16.4 Å². The van der Waals surface area contributed by atoms with E-state index in [2.05, 4.69) is 10.3 Å². The van der Waals surface area contributed by atoms with Gasteiger partial charge in [0, 0.05) is 31.2 Å². The van der Waals surface area contributed by atoms with Crippen molar-refractivity contribution < 1.29 is 13.2 Å². The number of pyridine rings is 1. The maximum Gasteiger partial charge on any atom is 0.246 e. The van der Waals surface area contributed by atoms with Crippen molar-refractivity contribution in [2.24, 2.45) is 0 Å². The topological polar surface area (TPSA) is 75.9 Å². The summed E-state index contributed by atoms with van der Waals surface area (Å²) in [6.07, 6.45) is 6.78. The molecule has 0 bridgehead atoms. The van der Waals surface area contributed by atoms with Gasteiger partial charge in [0.1, 0.15) is 16.3 Å². The number of aromatic nitrogens is 2. The molecule has 1 aromatic carbocycles. The predicted octanol–water partition coefficient (Wildman–Crippen LogP) is 3.52. The van der Waals surface area contributed by atoms with Gasteiger partial charge >= 0.3 is 0 Å². The van der Waals surface area contributed by atoms with Gasteiger partial charge in [-0.25, -0.2) is 13.4 Å². The number of hydrogen-bond acceptors (Lipinski definition) is 5. The molecule has 0 amide bonds. The first-order chi connectivity index (χ1) is 14.1. The number of benzene rings is 1. The molecule has 1 aliphatic rings. The van der Waals surface area contributed by atoms with Gasteiger partial charge in [-0.2, -0.15) is 4.31 Å². The Labute approximate surface area is 171 Å². The Morgan fingerprint density at radius 1 is 1.14 bits per heavy atom. The Morgan fingerprint density at radius 2 is 1.97 bits per heavy atom. The van der Waals surface area contributed by atoms with Crippen molar-refractivity contribution in [2.45, 2.75) is 37.6 Å². The van der Waals surface area contributed by atoms with Crippen molar-refractivity contribution in [1.82, 2.24) is 13.7 Å². The Hall–Kier alpha value is -2.58. The number of nitrogens with zero attached hydrogens (tertiary/aromatic N) is 3. The highest BCUT2D eigenvalue weighted by Crippen LogP contribution is 2.31. The monoisotopic (exact) mass is 414 g/mol. The highest BCUT2D eigenvalue weighted by Gasteiger charge is 2.29. The summed E-state index contributed by atoms with van der Waals surface area (Å²) in [6.45, 7) is 3.89. The maximum atomic E-state index is 13.2. The molecular formula is C21H26N4O3S. The maximum absolute atomic E-state index is 13.2. The smallest absolute Gasteiger partial charge is 0.246 e. The Kier molecular flexibility index (Phi) is 5.73. The molecular weight excluding hydrogens is 388 g/mol. The molecule has 3 heterocycles. The molecule has 1 aliphatic heterocycles. The number of hydrogen-bond donors (Lipinski definition) is 1. The van der Waals surface area contributed by atoms with Gasteiger partial charge in [0.25, 0.3) is 0 Å². The highest BCUT2D eigenvalue weighted by atomic mass is 32.2. The minimum atomic E-state index is -3.59. The SMILES string of the molecule is CCOc1ccc(NCc2cn3ccccc3n2)cc1S(=O)(=O)N1CCCCC1. The first-order valence-electron chi connectivity index (χ1n) is 10.0.